The molecule has 1 aliphatic heterocycles. The Bertz CT molecular complexity index is 862. The molecule has 3 rings (SSSR count). The third-order valence-electron chi connectivity index (χ3n) is 5.23. The molecule has 1 fully saturated rings. The third-order valence-corrected chi connectivity index (χ3v) is 5.23. The summed E-state index contributed by atoms with van der Waals surface area (Å²) in [4.78, 5) is 26.4. The van der Waals surface area contributed by atoms with Crippen molar-refractivity contribution < 1.29 is 23.8 Å². The van der Waals surface area contributed by atoms with E-state index in [1.807, 2.05) is 30.0 Å². The van der Waals surface area contributed by atoms with Crippen LogP contribution in [-0.2, 0) is 4.79 Å². The predicted octanol–water partition coefficient (Wildman–Crippen LogP) is 4.04. The van der Waals surface area contributed by atoms with Crippen molar-refractivity contribution in [3.8, 4) is 17.2 Å². The lowest BCUT2D eigenvalue weighted by Crippen LogP contribution is -2.34. The molecule has 0 N–H and O–H groups in total. The molecule has 1 amide bonds. The zero-order chi connectivity index (χ0) is 20.8. The van der Waals surface area contributed by atoms with E-state index >= 15 is 0 Å². The molecule has 0 bridgehead atoms. The number of nitrogens with zero attached hydrogens (tertiary/aromatic N) is 1. The van der Waals surface area contributed by atoms with Crippen molar-refractivity contribution in [2.75, 3.05) is 27.4 Å². The summed E-state index contributed by atoms with van der Waals surface area (Å²) in [6, 6.07) is 12.7. The fraction of sp³-hybridized carbons (Fsp3) is 0.391. The van der Waals surface area contributed by atoms with E-state index in [1.54, 1.807) is 38.5 Å². The number of Topliss-reactive ketones (excluding diaryl/α,β-unsaturated/α-hetero) is 1. The fourth-order valence-corrected chi connectivity index (χ4v) is 3.64. The highest BCUT2D eigenvalue weighted by Crippen LogP contribution is 2.36. The summed E-state index contributed by atoms with van der Waals surface area (Å²) >= 11 is 0. The lowest BCUT2D eigenvalue weighted by Gasteiger charge is -2.25. The number of likely N-dealkylation sites (tertiary alicyclic amines) is 1. The van der Waals surface area contributed by atoms with Gasteiger partial charge in [0.2, 0.25) is 0 Å². The van der Waals surface area contributed by atoms with E-state index in [9.17, 15) is 9.59 Å². The second-order valence-electron chi connectivity index (χ2n) is 6.95. The number of amides is 1. The SMILES string of the molecule is CCC(=O)c1ccc(OCC(=O)N2CCCC2c2ccc(OC)c(OC)c2)cc1. The Morgan fingerprint density at radius 2 is 1.76 bits per heavy atom. The molecule has 1 unspecified atom stereocenters. The first kappa shape index (κ1) is 20.7. The number of ether oxygens (including phenoxy) is 3. The molecule has 0 saturated carbocycles. The van der Waals surface area contributed by atoms with E-state index in [4.69, 9.17) is 14.2 Å². The molecule has 1 aliphatic rings. The van der Waals surface area contributed by atoms with Crippen molar-refractivity contribution in [2.45, 2.75) is 32.2 Å². The highest BCUT2D eigenvalue weighted by molar-refractivity contribution is 5.95. The van der Waals surface area contributed by atoms with Gasteiger partial charge in [-0.1, -0.05) is 13.0 Å². The van der Waals surface area contributed by atoms with Gasteiger partial charge in [-0.15, -0.1) is 0 Å². The standard InChI is InChI=1S/C23H27NO5/c1-4-20(25)16-7-10-18(11-8-16)29-15-23(26)24-13-5-6-19(24)17-9-12-21(27-2)22(14-17)28-3/h7-12,14,19H,4-6,13,15H2,1-3H3. The highest BCUT2D eigenvalue weighted by Gasteiger charge is 2.30. The van der Waals surface area contributed by atoms with E-state index in [-0.39, 0.29) is 24.3 Å². The molecular formula is C23H27NO5. The Hall–Kier alpha value is -3.02. The first-order valence-electron chi connectivity index (χ1n) is 9.84. The normalized spacial score (nSPS) is 15.8. The van der Waals surface area contributed by atoms with E-state index in [0.29, 0.717) is 35.8 Å². The number of hydrogen-bond donors (Lipinski definition) is 0. The molecule has 0 aliphatic carbocycles. The van der Waals surface area contributed by atoms with Crippen LogP contribution in [-0.4, -0.2) is 44.0 Å². The minimum atomic E-state index is -0.0593. The molecule has 29 heavy (non-hydrogen) atoms. The van der Waals surface area contributed by atoms with Crippen LogP contribution in [0, 0.1) is 0 Å². The number of carbonyl (C=O) groups excluding carboxylic acids is 2. The molecule has 0 spiro atoms. The maximum Gasteiger partial charge on any atom is 0.261 e. The van der Waals surface area contributed by atoms with Crippen LogP contribution in [0.5, 0.6) is 17.2 Å². The Labute approximate surface area is 171 Å². The highest BCUT2D eigenvalue weighted by atomic mass is 16.5. The predicted molar refractivity (Wildman–Crippen MR) is 110 cm³/mol. The first-order chi connectivity index (χ1) is 14.1. The van der Waals surface area contributed by atoms with Gasteiger partial charge in [-0.05, 0) is 54.8 Å². The summed E-state index contributed by atoms with van der Waals surface area (Å²) in [6.07, 6.45) is 2.30. The molecule has 6 nitrogen and oxygen atoms in total. The van der Waals surface area contributed by atoms with Crippen LogP contribution in [0.15, 0.2) is 42.5 Å². The van der Waals surface area contributed by atoms with E-state index in [0.717, 1.165) is 18.4 Å². The van der Waals surface area contributed by atoms with Crippen molar-refractivity contribution in [2.24, 2.45) is 0 Å². The zero-order valence-electron chi connectivity index (χ0n) is 17.1. The number of rotatable bonds is 8. The van der Waals surface area contributed by atoms with Crippen LogP contribution in [0.2, 0.25) is 0 Å². The summed E-state index contributed by atoms with van der Waals surface area (Å²) in [6.45, 7) is 2.49. The van der Waals surface area contributed by atoms with Gasteiger partial charge in [0, 0.05) is 18.5 Å². The Morgan fingerprint density at radius 1 is 1.03 bits per heavy atom. The van der Waals surface area contributed by atoms with Crippen LogP contribution in [0.4, 0.5) is 0 Å². The molecule has 0 aromatic heterocycles. The number of ketones is 1. The van der Waals surface area contributed by atoms with Crippen molar-refractivity contribution >= 4 is 11.7 Å². The van der Waals surface area contributed by atoms with Gasteiger partial charge in [0.05, 0.1) is 20.3 Å². The average Bonchev–Trinajstić information content (AvgIpc) is 3.26. The summed E-state index contributed by atoms with van der Waals surface area (Å²) in [5.74, 6) is 1.93. The molecular weight excluding hydrogens is 370 g/mol. The van der Waals surface area contributed by atoms with Gasteiger partial charge in [-0.25, -0.2) is 0 Å². The number of carbonyl (C=O) groups is 2. The van der Waals surface area contributed by atoms with Crippen LogP contribution in [0.1, 0.15) is 48.1 Å². The molecule has 2 aromatic rings. The number of hydrogen-bond acceptors (Lipinski definition) is 5. The third kappa shape index (κ3) is 4.70. The Morgan fingerprint density at radius 3 is 2.41 bits per heavy atom. The summed E-state index contributed by atoms with van der Waals surface area (Å²) in [5.41, 5.74) is 1.68. The van der Waals surface area contributed by atoms with Crippen molar-refractivity contribution in [1.82, 2.24) is 4.90 Å². The summed E-state index contributed by atoms with van der Waals surface area (Å²) in [5, 5.41) is 0. The number of methoxy groups -OCH3 is 2. The monoisotopic (exact) mass is 397 g/mol. The summed E-state index contributed by atoms with van der Waals surface area (Å²) < 4.78 is 16.4. The van der Waals surface area contributed by atoms with E-state index in [2.05, 4.69) is 0 Å². The largest absolute Gasteiger partial charge is 0.493 e. The topological polar surface area (TPSA) is 65.1 Å². The van der Waals surface area contributed by atoms with Gasteiger partial charge in [0.25, 0.3) is 5.91 Å². The van der Waals surface area contributed by atoms with Crippen LogP contribution in [0.25, 0.3) is 0 Å². The minimum absolute atomic E-state index is 0.00421. The summed E-state index contributed by atoms with van der Waals surface area (Å²) in [7, 11) is 3.21. The van der Waals surface area contributed by atoms with Gasteiger partial charge < -0.3 is 19.1 Å². The minimum Gasteiger partial charge on any atom is -0.493 e. The second kappa shape index (κ2) is 9.45. The lowest BCUT2D eigenvalue weighted by atomic mass is 10.0. The molecule has 0 radical (unpaired) electrons. The molecule has 1 saturated heterocycles. The fourth-order valence-electron chi connectivity index (χ4n) is 3.64. The van der Waals surface area contributed by atoms with Crippen molar-refractivity contribution in [3.05, 3.63) is 53.6 Å². The zero-order valence-corrected chi connectivity index (χ0v) is 17.1. The molecule has 1 atom stereocenters. The smallest absolute Gasteiger partial charge is 0.261 e. The van der Waals surface area contributed by atoms with Crippen LogP contribution < -0.4 is 14.2 Å². The van der Waals surface area contributed by atoms with Gasteiger partial charge in [0.1, 0.15) is 5.75 Å². The van der Waals surface area contributed by atoms with E-state index in [1.165, 1.54) is 0 Å². The number of benzene rings is 2. The first-order valence-corrected chi connectivity index (χ1v) is 9.84. The van der Waals surface area contributed by atoms with Crippen molar-refractivity contribution in [3.63, 3.8) is 0 Å². The second-order valence-corrected chi connectivity index (χ2v) is 6.95. The van der Waals surface area contributed by atoms with Crippen LogP contribution in [0.3, 0.4) is 0 Å². The molecule has 2 aromatic carbocycles. The van der Waals surface area contributed by atoms with Gasteiger partial charge in [-0.3, -0.25) is 9.59 Å². The lowest BCUT2D eigenvalue weighted by molar-refractivity contribution is -0.134. The molecule has 6 heteroatoms. The maximum absolute atomic E-state index is 12.8. The average molecular weight is 397 g/mol. The van der Waals surface area contributed by atoms with Gasteiger partial charge >= 0.3 is 0 Å². The van der Waals surface area contributed by atoms with E-state index < -0.39 is 0 Å². The maximum atomic E-state index is 12.8. The van der Waals surface area contributed by atoms with Crippen LogP contribution >= 0.6 is 0 Å². The molecule has 154 valence electrons. The molecule has 1 heterocycles. The van der Waals surface area contributed by atoms with Gasteiger partial charge in [-0.2, -0.15) is 0 Å². The Balaban J connectivity index is 1.65. The van der Waals surface area contributed by atoms with Gasteiger partial charge in [0.15, 0.2) is 23.9 Å². The quantitative estimate of drug-likeness (QED) is 0.629. The Kier molecular flexibility index (Phi) is 6.75. The van der Waals surface area contributed by atoms with Crippen molar-refractivity contribution in [1.29, 1.82) is 0 Å².